The number of para-hydroxylation sites is 2. The largest absolute Gasteiger partial charge is 0.493 e. The van der Waals surface area contributed by atoms with Crippen molar-refractivity contribution in [2.45, 2.75) is 46.0 Å². The number of Topliss-reactive ketones (excluding diaryl/α,β-unsaturated/α-hetero) is 2. The van der Waals surface area contributed by atoms with E-state index in [9.17, 15) is 9.59 Å². The average Bonchev–Trinajstić information content (AvgIpc) is 3.55. The van der Waals surface area contributed by atoms with Gasteiger partial charge in [-0.2, -0.15) is 11.3 Å². The highest BCUT2D eigenvalue weighted by atomic mass is 32.1. The molecule has 6 rings (SSSR count). The Bertz CT molecular complexity index is 1610. The van der Waals surface area contributed by atoms with Gasteiger partial charge in [-0.05, 0) is 48.2 Å². The van der Waals surface area contributed by atoms with Crippen molar-refractivity contribution < 1.29 is 19.1 Å². The minimum absolute atomic E-state index is 0.161. The first-order valence-electron chi connectivity index (χ1n) is 14.2. The molecule has 0 fully saturated rings. The van der Waals surface area contributed by atoms with Crippen LogP contribution in [0.1, 0.15) is 77.9 Å². The first-order chi connectivity index (χ1) is 19.9. The predicted octanol–water partition coefficient (Wildman–Crippen LogP) is 8.90. The van der Waals surface area contributed by atoms with E-state index in [4.69, 9.17) is 9.47 Å². The van der Waals surface area contributed by atoms with E-state index in [1.54, 1.807) is 16.8 Å². The van der Waals surface area contributed by atoms with Crippen molar-refractivity contribution in [3.63, 3.8) is 0 Å². The molecular weight excluding hydrogens is 530 g/mol. The van der Waals surface area contributed by atoms with Crippen LogP contribution in [-0.2, 0) is 5.41 Å². The van der Waals surface area contributed by atoms with Crippen LogP contribution in [0, 0.1) is 0 Å². The summed E-state index contributed by atoms with van der Waals surface area (Å²) in [6, 6.07) is 20.9. The summed E-state index contributed by atoms with van der Waals surface area (Å²) in [6.45, 7) is 9.67. The van der Waals surface area contributed by atoms with Gasteiger partial charge < -0.3 is 14.4 Å². The number of carbonyl (C=O) groups excluding carboxylic acids is 2. The molecular formula is C35H33NO4S. The Labute approximate surface area is 245 Å². The Morgan fingerprint density at radius 2 is 1.29 bits per heavy atom. The zero-order valence-electron chi connectivity index (χ0n) is 23.8. The van der Waals surface area contributed by atoms with Gasteiger partial charge in [-0.15, -0.1) is 0 Å². The number of carbonyl (C=O) groups is 2. The Morgan fingerprint density at radius 3 is 1.85 bits per heavy atom. The van der Waals surface area contributed by atoms with E-state index in [0.717, 1.165) is 29.9 Å². The maximum absolute atomic E-state index is 13.1. The maximum Gasteiger partial charge on any atom is 0.198 e. The lowest BCUT2D eigenvalue weighted by Gasteiger charge is -2.42. The highest BCUT2D eigenvalue weighted by Crippen LogP contribution is 2.54. The molecule has 0 saturated heterocycles. The topological polar surface area (TPSA) is 55.8 Å². The van der Waals surface area contributed by atoms with E-state index in [0.29, 0.717) is 41.4 Å². The van der Waals surface area contributed by atoms with Crippen molar-refractivity contribution in [3.05, 3.63) is 105 Å². The van der Waals surface area contributed by atoms with Crippen molar-refractivity contribution in [1.82, 2.24) is 0 Å². The number of nitrogens with zero attached hydrogens (tertiary/aromatic N) is 1. The third kappa shape index (κ3) is 4.47. The summed E-state index contributed by atoms with van der Waals surface area (Å²) < 4.78 is 12.7. The summed E-state index contributed by atoms with van der Waals surface area (Å²) in [4.78, 5) is 28.5. The number of fused-ring (bicyclic) bond motifs is 3. The van der Waals surface area contributed by atoms with E-state index >= 15 is 0 Å². The van der Waals surface area contributed by atoms with E-state index in [1.165, 1.54) is 22.5 Å². The van der Waals surface area contributed by atoms with Crippen LogP contribution in [-0.4, -0.2) is 24.8 Å². The van der Waals surface area contributed by atoms with Gasteiger partial charge in [0.15, 0.2) is 11.6 Å². The number of allylic oxidation sites excluding steroid dienone is 1. The van der Waals surface area contributed by atoms with Crippen LogP contribution in [0.3, 0.4) is 0 Å². The second-order valence-corrected chi connectivity index (χ2v) is 11.7. The summed E-state index contributed by atoms with van der Waals surface area (Å²) in [5.74, 6) is 0.787. The Kier molecular flexibility index (Phi) is 7.04. The second-order valence-electron chi connectivity index (χ2n) is 11.0. The fourth-order valence-electron chi connectivity index (χ4n) is 5.77. The van der Waals surface area contributed by atoms with E-state index in [1.807, 2.05) is 12.1 Å². The van der Waals surface area contributed by atoms with Gasteiger partial charge in [0.1, 0.15) is 11.5 Å². The molecule has 2 aliphatic rings. The lowest BCUT2D eigenvalue weighted by Crippen LogP contribution is -2.30. The monoisotopic (exact) mass is 563 g/mol. The van der Waals surface area contributed by atoms with Crippen LogP contribution in [0.2, 0.25) is 0 Å². The first kappa shape index (κ1) is 27.0. The van der Waals surface area contributed by atoms with Crippen molar-refractivity contribution >= 4 is 46.0 Å². The summed E-state index contributed by atoms with van der Waals surface area (Å²) >= 11 is 1.37. The number of hydrogen-bond acceptors (Lipinski definition) is 6. The van der Waals surface area contributed by atoms with Crippen molar-refractivity contribution in [2.75, 3.05) is 18.1 Å². The Balaban J connectivity index is 1.57. The summed E-state index contributed by atoms with van der Waals surface area (Å²) in [5, 5.41) is 3.49. The third-order valence-electron chi connectivity index (χ3n) is 7.83. The molecule has 1 aromatic heterocycles. The van der Waals surface area contributed by atoms with Crippen LogP contribution in [0.5, 0.6) is 11.5 Å². The van der Waals surface area contributed by atoms with Gasteiger partial charge in [0.25, 0.3) is 0 Å². The molecule has 0 saturated carbocycles. The summed E-state index contributed by atoms with van der Waals surface area (Å²) in [6.07, 6.45) is 3.32. The van der Waals surface area contributed by atoms with Crippen molar-refractivity contribution in [1.29, 1.82) is 0 Å². The van der Waals surface area contributed by atoms with Crippen LogP contribution in [0.4, 0.5) is 17.1 Å². The number of ether oxygens (including phenoxy) is 2. The molecule has 1 aliphatic carbocycles. The molecule has 0 spiro atoms. The number of benzene rings is 3. The maximum atomic E-state index is 13.1. The molecule has 6 heteroatoms. The number of thiophene rings is 1. The first-order valence-corrected chi connectivity index (χ1v) is 15.1. The molecule has 5 nitrogen and oxygen atoms in total. The van der Waals surface area contributed by atoms with Gasteiger partial charge in [0.05, 0.1) is 35.8 Å². The van der Waals surface area contributed by atoms with Crippen molar-refractivity contribution in [3.8, 4) is 11.5 Å². The van der Waals surface area contributed by atoms with Crippen LogP contribution in [0.15, 0.2) is 77.0 Å². The molecule has 3 aromatic carbocycles. The molecule has 0 atom stereocenters. The molecule has 208 valence electrons. The zero-order valence-corrected chi connectivity index (χ0v) is 24.6. The highest BCUT2D eigenvalue weighted by Gasteiger charge is 2.38. The molecule has 0 N–H and O–H groups in total. The molecule has 0 radical (unpaired) electrons. The third-order valence-corrected chi connectivity index (χ3v) is 8.58. The van der Waals surface area contributed by atoms with E-state index in [2.05, 4.69) is 81.1 Å². The number of hydrogen-bond donors (Lipinski definition) is 0. The predicted molar refractivity (Wildman–Crippen MR) is 166 cm³/mol. The van der Waals surface area contributed by atoms with Crippen LogP contribution >= 0.6 is 11.3 Å². The van der Waals surface area contributed by atoms with Gasteiger partial charge in [-0.25, -0.2) is 0 Å². The summed E-state index contributed by atoms with van der Waals surface area (Å²) in [5.41, 5.74) is 7.02. The van der Waals surface area contributed by atoms with Gasteiger partial charge >= 0.3 is 0 Å². The number of anilines is 3. The minimum Gasteiger partial charge on any atom is -0.493 e. The summed E-state index contributed by atoms with van der Waals surface area (Å²) in [7, 11) is 0. The lowest BCUT2D eigenvalue weighted by molar-refractivity contribution is 0.0990. The molecule has 0 amide bonds. The molecule has 0 unspecified atom stereocenters. The molecule has 0 bridgehead atoms. The highest BCUT2D eigenvalue weighted by molar-refractivity contribution is 7.08. The second kappa shape index (κ2) is 10.7. The zero-order chi connectivity index (χ0) is 28.7. The van der Waals surface area contributed by atoms with Gasteiger partial charge in [0.2, 0.25) is 0 Å². The number of ketones is 2. The lowest BCUT2D eigenvalue weighted by atomic mass is 9.73. The van der Waals surface area contributed by atoms with Gasteiger partial charge in [-0.1, -0.05) is 64.1 Å². The number of rotatable bonds is 8. The Hall–Kier alpha value is -4.16. The average molecular weight is 564 g/mol. The fraction of sp³-hybridized carbons (Fsp3) is 0.257. The fourth-order valence-corrected chi connectivity index (χ4v) is 6.58. The van der Waals surface area contributed by atoms with Gasteiger partial charge in [0, 0.05) is 38.9 Å². The normalized spacial score (nSPS) is 14.9. The van der Waals surface area contributed by atoms with Gasteiger partial charge in [-0.3, -0.25) is 9.59 Å². The quantitative estimate of drug-likeness (QED) is 0.158. The minimum atomic E-state index is -0.242. The van der Waals surface area contributed by atoms with E-state index in [-0.39, 0.29) is 22.6 Å². The van der Waals surface area contributed by atoms with Crippen molar-refractivity contribution in [2.24, 2.45) is 0 Å². The van der Waals surface area contributed by atoms with Crippen LogP contribution < -0.4 is 14.4 Å². The Morgan fingerprint density at radius 1 is 0.756 bits per heavy atom. The SMILES string of the molecule is CCCOc1cc(N2c3ccccc3C(C)(C)c3ccccc32)c(OCCC)cc1C=C1C(=O)c2cscc2C1=O. The standard InChI is InChI=1S/C35H33NO4S/c1-5-15-39-31-19-30(36-28-13-9-7-11-26(28)35(3,4)27-12-8-10-14-29(27)36)32(40-16-6-2)18-22(31)17-23-33(37)24-20-41-21-25(24)34(23)38/h7-14,17-21H,5-6,15-16H2,1-4H3. The smallest absolute Gasteiger partial charge is 0.198 e. The van der Waals surface area contributed by atoms with E-state index < -0.39 is 0 Å². The molecule has 4 aromatic rings. The van der Waals surface area contributed by atoms with Crippen LogP contribution in [0.25, 0.3) is 6.08 Å². The molecule has 2 heterocycles. The molecule has 41 heavy (non-hydrogen) atoms. The molecule has 1 aliphatic heterocycles.